The van der Waals surface area contributed by atoms with Gasteiger partial charge in [0.2, 0.25) is 0 Å². The summed E-state index contributed by atoms with van der Waals surface area (Å²) in [6, 6.07) is 8.56. The minimum absolute atomic E-state index is 0.241. The molecule has 1 saturated carbocycles. The summed E-state index contributed by atoms with van der Waals surface area (Å²) in [5, 5.41) is 4.34. The van der Waals surface area contributed by atoms with Gasteiger partial charge in [-0.25, -0.2) is 0 Å². The molecule has 2 aliphatic rings. The summed E-state index contributed by atoms with van der Waals surface area (Å²) in [6.45, 7) is 4.55. The molecule has 0 aromatic heterocycles. The van der Waals surface area contributed by atoms with Gasteiger partial charge in [-0.15, -0.1) is 0 Å². The number of benzene rings is 1. The molecule has 0 bridgehead atoms. The first-order valence-corrected chi connectivity index (χ1v) is 7.91. The number of rotatable bonds is 2. The van der Waals surface area contributed by atoms with E-state index in [2.05, 4.69) is 28.4 Å². The summed E-state index contributed by atoms with van der Waals surface area (Å²) in [4.78, 5) is 2.70. The van der Waals surface area contributed by atoms with Gasteiger partial charge < -0.3 is 5.32 Å². The maximum absolute atomic E-state index is 6.23. The van der Waals surface area contributed by atoms with E-state index in [4.69, 9.17) is 11.6 Å². The number of halogens is 1. The smallest absolute Gasteiger partial charge is 0.0462 e. The second-order valence-corrected chi connectivity index (χ2v) is 6.28. The van der Waals surface area contributed by atoms with Gasteiger partial charge in [0.25, 0.3) is 0 Å². The van der Waals surface area contributed by atoms with Crippen molar-refractivity contribution in [1.82, 2.24) is 10.2 Å². The molecular formula is C16H23ClN2. The summed E-state index contributed by atoms with van der Waals surface area (Å²) < 4.78 is 0. The Morgan fingerprint density at radius 2 is 1.79 bits per heavy atom. The number of hydrogen-bond donors (Lipinski definition) is 1. The molecule has 0 spiro atoms. The van der Waals surface area contributed by atoms with Crippen LogP contribution in [-0.2, 0) is 5.54 Å². The summed E-state index contributed by atoms with van der Waals surface area (Å²) in [5.74, 6) is 0. The van der Waals surface area contributed by atoms with Crippen molar-refractivity contribution < 1.29 is 0 Å². The lowest BCUT2D eigenvalue weighted by Gasteiger charge is -2.49. The van der Waals surface area contributed by atoms with Crippen LogP contribution in [0, 0.1) is 0 Å². The van der Waals surface area contributed by atoms with Gasteiger partial charge in [0, 0.05) is 36.7 Å². The van der Waals surface area contributed by atoms with Gasteiger partial charge in [0.1, 0.15) is 0 Å². The van der Waals surface area contributed by atoms with Gasteiger partial charge in [-0.2, -0.15) is 0 Å². The van der Waals surface area contributed by atoms with Gasteiger partial charge in [-0.3, -0.25) is 4.90 Å². The van der Waals surface area contributed by atoms with Gasteiger partial charge in [-0.05, 0) is 30.5 Å². The molecule has 3 heteroatoms. The van der Waals surface area contributed by atoms with Crippen molar-refractivity contribution in [3.05, 3.63) is 34.9 Å². The van der Waals surface area contributed by atoms with Crippen LogP contribution in [0.5, 0.6) is 0 Å². The summed E-state index contributed by atoms with van der Waals surface area (Å²) in [7, 11) is 0. The minimum atomic E-state index is 0.241. The van der Waals surface area contributed by atoms with Crippen LogP contribution >= 0.6 is 11.6 Å². The van der Waals surface area contributed by atoms with E-state index in [0.717, 1.165) is 31.2 Å². The number of hydrogen-bond acceptors (Lipinski definition) is 2. The average Bonchev–Trinajstić information content (AvgIpc) is 2.49. The van der Waals surface area contributed by atoms with E-state index in [-0.39, 0.29) is 5.54 Å². The van der Waals surface area contributed by atoms with Crippen LogP contribution in [0.1, 0.15) is 37.7 Å². The fourth-order valence-electron chi connectivity index (χ4n) is 3.79. The molecule has 19 heavy (non-hydrogen) atoms. The topological polar surface area (TPSA) is 15.3 Å². The Morgan fingerprint density at radius 3 is 2.47 bits per heavy atom. The average molecular weight is 279 g/mol. The highest BCUT2D eigenvalue weighted by molar-refractivity contribution is 6.30. The molecule has 0 unspecified atom stereocenters. The van der Waals surface area contributed by atoms with Gasteiger partial charge in [-0.1, -0.05) is 43.0 Å². The standard InChI is InChI=1S/C16H23ClN2/c17-15-6-4-5-14(13-15)16(7-2-1-3-8-16)19-11-9-18-10-12-19/h4-6,13,18H,1-3,7-12H2. The minimum Gasteiger partial charge on any atom is -0.314 e. The Balaban J connectivity index is 1.95. The number of nitrogens with zero attached hydrogens (tertiary/aromatic N) is 1. The van der Waals surface area contributed by atoms with Gasteiger partial charge in [0.15, 0.2) is 0 Å². The van der Waals surface area contributed by atoms with E-state index >= 15 is 0 Å². The zero-order chi connectivity index (χ0) is 13.1. The molecule has 0 radical (unpaired) electrons. The number of nitrogens with one attached hydrogen (secondary N) is 1. The number of piperazine rings is 1. The van der Waals surface area contributed by atoms with Crippen molar-refractivity contribution in [3.63, 3.8) is 0 Å². The first-order valence-electron chi connectivity index (χ1n) is 7.53. The highest BCUT2D eigenvalue weighted by Gasteiger charge is 2.39. The molecule has 1 N–H and O–H groups in total. The maximum atomic E-state index is 6.23. The summed E-state index contributed by atoms with van der Waals surface area (Å²) in [5.41, 5.74) is 1.67. The first-order chi connectivity index (χ1) is 9.31. The van der Waals surface area contributed by atoms with Crippen molar-refractivity contribution in [2.45, 2.75) is 37.6 Å². The van der Waals surface area contributed by atoms with Crippen molar-refractivity contribution in [1.29, 1.82) is 0 Å². The normalized spacial score (nSPS) is 24.3. The van der Waals surface area contributed by atoms with Crippen molar-refractivity contribution in [2.75, 3.05) is 26.2 Å². The molecule has 1 aliphatic heterocycles. The van der Waals surface area contributed by atoms with E-state index in [1.54, 1.807) is 0 Å². The van der Waals surface area contributed by atoms with Crippen LogP contribution < -0.4 is 5.32 Å². The Labute approximate surface area is 121 Å². The van der Waals surface area contributed by atoms with E-state index < -0.39 is 0 Å². The molecular weight excluding hydrogens is 256 g/mol. The predicted molar refractivity (Wildman–Crippen MR) is 80.7 cm³/mol. The molecule has 1 saturated heterocycles. The highest BCUT2D eigenvalue weighted by atomic mass is 35.5. The van der Waals surface area contributed by atoms with Crippen LogP contribution in [0.15, 0.2) is 24.3 Å². The maximum Gasteiger partial charge on any atom is 0.0462 e. The molecule has 2 nitrogen and oxygen atoms in total. The highest BCUT2D eigenvalue weighted by Crippen LogP contribution is 2.43. The Hall–Kier alpha value is -0.570. The SMILES string of the molecule is Clc1cccc(C2(N3CCNCC3)CCCCC2)c1. The van der Waals surface area contributed by atoms with Crippen LogP contribution in [0.25, 0.3) is 0 Å². The third-order valence-corrected chi connectivity index (χ3v) is 5.00. The molecule has 1 aromatic carbocycles. The van der Waals surface area contributed by atoms with Gasteiger partial charge in [0.05, 0.1) is 0 Å². The van der Waals surface area contributed by atoms with E-state index in [0.29, 0.717) is 0 Å². The molecule has 0 atom stereocenters. The van der Waals surface area contributed by atoms with Crippen molar-refractivity contribution in [2.24, 2.45) is 0 Å². The zero-order valence-electron chi connectivity index (χ0n) is 11.5. The molecule has 104 valence electrons. The lowest BCUT2D eigenvalue weighted by molar-refractivity contribution is 0.0362. The van der Waals surface area contributed by atoms with Crippen LogP contribution in [0.4, 0.5) is 0 Å². The molecule has 1 heterocycles. The first kappa shape index (κ1) is 13.4. The molecule has 1 aliphatic carbocycles. The Kier molecular flexibility index (Phi) is 4.11. The summed E-state index contributed by atoms with van der Waals surface area (Å²) >= 11 is 6.23. The van der Waals surface area contributed by atoms with E-state index in [1.165, 1.54) is 37.7 Å². The van der Waals surface area contributed by atoms with Gasteiger partial charge >= 0.3 is 0 Å². The monoisotopic (exact) mass is 278 g/mol. The molecule has 1 aromatic rings. The lowest BCUT2D eigenvalue weighted by Crippen LogP contribution is -2.55. The largest absolute Gasteiger partial charge is 0.314 e. The Bertz CT molecular complexity index is 421. The third-order valence-electron chi connectivity index (χ3n) is 4.77. The van der Waals surface area contributed by atoms with E-state index in [1.807, 2.05) is 6.07 Å². The van der Waals surface area contributed by atoms with Crippen LogP contribution in [0.3, 0.4) is 0 Å². The second kappa shape index (κ2) is 5.82. The third kappa shape index (κ3) is 2.67. The van der Waals surface area contributed by atoms with Crippen LogP contribution in [-0.4, -0.2) is 31.1 Å². The Morgan fingerprint density at radius 1 is 1.05 bits per heavy atom. The fourth-order valence-corrected chi connectivity index (χ4v) is 3.99. The molecule has 3 rings (SSSR count). The fraction of sp³-hybridized carbons (Fsp3) is 0.625. The zero-order valence-corrected chi connectivity index (χ0v) is 12.3. The van der Waals surface area contributed by atoms with E-state index in [9.17, 15) is 0 Å². The predicted octanol–water partition coefficient (Wildman–Crippen LogP) is 3.40. The van der Waals surface area contributed by atoms with Crippen LogP contribution in [0.2, 0.25) is 5.02 Å². The lowest BCUT2D eigenvalue weighted by atomic mass is 9.75. The molecule has 2 fully saturated rings. The van der Waals surface area contributed by atoms with Crippen molar-refractivity contribution in [3.8, 4) is 0 Å². The summed E-state index contributed by atoms with van der Waals surface area (Å²) in [6.07, 6.45) is 6.64. The molecule has 0 amide bonds. The van der Waals surface area contributed by atoms with Crippen molar-refractivity contribution >= 4 is 11.6 Å². The quantitative estimate of drug-likeness (QED) is 0.892. The second-order valence-electron chi connectivity index (χ2n) is 5.84.